The van der Waals surface area contributed by atoms with Gasteiger partial charge >= 0.3 is 11.8 Å². The fourth-order valence-corrected chi connectivity index (χ4v) is 3.89. The van der Waals surface area contributed by atoms with Crippen molar-refractivity contribution in [1.82, 2.24) is 10.6 Å². The van der Waals surface area contributed by atoms with Crippen molar-refractivity contribution < 1.29 is 9.59 Å². The average molecular weight is 355 g/mol. The Kier molecular flexibility index (Phi) is 5.50. The molecular formula is C19H21N3O2S. The first-order chi connectivity index (χ1) is 12.2. The second kappa shape index (κ2) is 7.98. The van der Waals surface area contributed by atoms with Gasteiger partial charge in [-0.25, -0.2) is 0 Å². The van der Waals surface area contributed by atoms with Crippen LogP contribution in [0.3, 0.4) is 0 Å². The van der Waals surface area contributed by atoms with Crippen LogP contribution >= 0.6 is 11.3 Å². The predicted octanol–water partition coefficient (Wildman–Crippen LogP) is 2.27. The predicted molar refractivity (Wildman–Crippen MR) is 101 cm³/mol. The van der Waals surface area contributed by atoms with Crippen LogP contribution in [0.5, 0.6) is 0 Å². The highest BCUT2D eigenvalue weighted by Gasteiger charge is 2.28. The molecule has 1 aliphatic heterocycles. The van der Waals surface area contributed by atoms with Gasteiger partial charge in [0.1, 0.15) is 0 Å². The summed E-state index contributed by atoms with van der Waals surface area (Å²) in [6, 6.07) is 12.4. The zero-order chi connectivity index (χ0) is 17.6. The minimum absolute atomic E-state index is 0.0137. The standard InChI is InChI=1S/C19H21N3O2S/c1-2-10-20-18(23)19(24)21-13-16(17-8-5-12-25-17)22-11-9-14-6-3-4-7-15(14)22/h2-8,12,16H,1,9-11,13H2,(H,20,23)(H,21,24)/t16-/m1/s1. The van der Waals surface area contributed by atoms with Gasteiger partial charge in [-0.15, -0.1) is 17.9 Å². The molecule has 2 amide bonds. The van der Waals surface area contributed by atoms with E-state index in [2.05, 4.69) is 40.3 Å². The van der Waals surface area contributed by atoms with Crippen molar-refractivity contribution >= 4 is 28.8 Å². The summed E-state index contributed by atoms with van der Waals surface area (Å²) >= 11 is 1.66. The van der Waals surface area contributed by atoms with Gasteiger partial charge < -0.3 is 15.5 Å². The maximum Gasteiger partial charge on any atom is 0.309 e. The molecule has 0 radical (unpaired) electrons. The van der Waals surface area contributed by atoms with Crippen LogP contribution in [0.1, 0.15) is 16.5 Å². The fourth-order valence-electron chi connectivity index (χ4n) is 3.05. The first-order valence-corrected chi connectivity index (χ1v) is 9.13. The Balaban J connectivity index is 1.73. The summed E-state index contributed by atoms with van der Waals surface area (Å²) in [4.78, 5) is 27.2. The Morgan fingerprint density at radius 1 is 1.20 bits per heavy atom. The molecule has 2 aromatic rings. The molecule has 0 unspecified atom stereocenters. The number of benzene rings is 1. The van der Waals surface area contributed by atoms with E-state index < -0.39 is 11.8 Å². The number of rotatable bonds is 6. The Morgan fingerprint density at radius 2 is 2.00 bits per heavy atom. The quantitative estimate of drug-likeness (QED) is 0.617. The summed E-state index contributed by atoms with van der Waals surface area (Å²) in [5.41, 5.74) is 2.52. The second-order valence-corrected chi connectivity index (χ2v) is 6.79. The highest BCUT2D eigenvalue weighted by Crippen LogP contribution is 2.36. The lowest BCUT2D eigenvalue weighted by Crippen LogP contribution is -2.44. The lowest BCUT2D eigenvalue weighted by molar-refractivity contribution is -0.139. The number of fused-ring (bicyclic) bond motifs is 1. The summed E-state index contributed by atoms with van der Waals surface area (Å²) in [7, 11) is 0. The van der Waals surface area contributed by atoms with Gasteiger partial charge in [0.25, 0.3) is 0 Å². The molecule has 0 saturated carbocycles. The molecule has 1 atom stereocenters. The Labute approximate surface area is 151 Å². The number of hydrogen-bond acceptors (Lipinski definition) is 4. The van der Waals surface area contributed by atoms with E-state index in [1.165, 1.54) is 16.1 Å². The molecule has 0 bridgehead atoms. The molecule has 3 rings (SSSR count). The van der Waals surface area contributed by atoms with Gasteiger partial charge in [0.15, 0.2) is 0 Å². The number of hydrogen-bond donors (Lipinski definition) is 2. The molecule has 25 heavy (non-hydrogen) atoms. The highest BCUT2D eigenvalue weighted by molar-refractivity contribution is 7.10. The molecule has 1 aliphatic rings. The van der Waals surface area contributed by atoms with Crippen molar-refractivity contribution in [3.05, 3.63) is 64.9 Å². The molecule has 0 fully saturated rings. The minimum atomic E-state index is -0.633. The number of para-hydroxylation sites is 1. The number of nitrogens with zero attached hydrogens (tertiary/aromatic N) is 1. The molecule has 2 heterocycles. The van der Waals surface area contributed by atoms with Crippen LogP contribution in [-0.4, -0.2) is 31.4 Å². The summed E-state index contributed by atoms with van der Waals surface area (Å²) in [5.74, 6) is -1.25. The van der Waals surface area contributed by atoms with Crippen molar-refractivity contribution in [2.24, 2.45) is 0 Å². The van der Waals surface area contributed by atoms with Gasteiger partial charge in [-0.2, -0.15) is 0 Å². The number of anilines is 1. The number of thiophene rings is 1. The summed E-state index contributed by atoms with van der Waals surface area (Å²) in [6.07, 6.45) is 2.53. The van der Waals surface area contributed by atoms with E-state index in [9.17, 15) is 9.59 Å². The Hall–Kier alpha value is -2.60. The zero-order valence-electron chi connectivity index (χ0n) is 13.9. The molecule has 130 valence electrons. The molecule has 0 spiro atoms. The van der Waals surface area contributed by atoms with E-state index in [1.54, 1.807) is 17.4 Å². The van der Waals surface area contributed by atoms with E-state index in [1.807, 2.05) is 23.6 Å². The third-order valence-corrected chi connectivity index (χ3v) is 5.21. The van der Waals surface area contributed by atoms with Crippen LogP contribution in [0.4, 0.5) is 5.69 Å². The molecule has 6 heteroatoms. The van der Waals surface area contributed by atoms with Gasteiger partial charge in [-0.1, -0.05) is 30.3 Å². The monoisotopic (exact) mass is 355 g/mol. The van der Waals surface area contributed by atoms with Crippen LogP contribution in [0, 0.1) is 0 Å². The van der Waals surface area contributed by atoms with E-state index in [0.717, 1.165) is 13.0 Å². The van der Waals surface area contributed by atoms with Gasteiger partial charge in [0.05, 0.1) is 6.04 Å². The van der Waals surface area contributed by atoms with E-state index >= 15 is 0 Å². The average Bonchev–Trinajstić information content (AvgIpc) is 3.30. The fraction of sp³-hybridized carbons (Fsp3) is 0.263. The van der Waals surface area contributed by atoms with Gasteiger partial charge in [-0.05, 0) is 29.5 Å². The Bertz CT molecular complexity index is 758. The summed E-state index contributed by atoms with van der Waals surface area (Å²) < 4.78 is 0. The van der Waals surface area contributed by atoms with Crippen molar-refractivity contribution in [2.45, 2.75) is 12.5 Å². The Morgan fingerprint density at radius 3 is 2.76 bits per heavy atom. The third-order valence-electron chi connectivity index (χ3n) is 4.24. The number of carbonyl (C=O) groups is 2. The molecule has 5 nitrogen and oxygen atoms in total. The van der Waals surface area contributed by atoms with Crippen molar-refractivity contribution in [3.8, 4) is 0 Å². The van der Waals surface area contributed by atoms with Crippen LogP contribution in [-0.2, 0) is 16.0 Å². The molecule has 1 aromatic carbocycles. The summed E-state index contributed by atoms with van der Waals surface area (Å²) in [6.45, 7) is 5.09. The first-order valence-electron chi connectivity index (χ1n) is 8.25. The van der Waals surface area contributed by atoms with Gasteiger partial charge in [0.2, 0.25) is 0 Å². The smallest absolute Gasteiger partial charge is 0.309 e. The highest BCUT2D eigenvalue weighted by atomic mass is 32.1. The van der Waals surface area contributed by atoms with Gasteiger partial charge in [0, 0.05) is 30.2 Å². The number of carbonyl (C=O) groups excluding carboxylic acids is 2. The number of amides is 2. The maximum absolute atomic E-state index is 12.0. The molecule has 1 aromatic heterocycles. The lowest BCUT2D eigenvalue weighted by Gasteiger charge is -2.30. The maximum atomic E-state index is 12.0. The van der Waals surface area contributed by atoms with E-state index in [-0.39, 0.29) is 12.6 Å². The molecular weight excluding hydrogens is 334 g/mol. The van der Waals surface area contributed by atoms with Crippen LogP contribution in [0.25, 0.3) is 0 Å². The zero-order valence-corrected chi connectivity index (χ0v) is 14.7. The summed E-state index contributed by atoms with van der Waals surface area (Å²) in [5, 5.41) is 7.29. The van der Waals surface area contributed by atoms with Crippen LogP contribution < -0.4 is 15.5 Å². The molecule has 0 saturated heterocycles. The first kappa shape index (κ1) is 17.2. The topological polar surface area (TPSA) is 61.4 Å². The van der Waals surface area contributed by atoms with E-state index in [4.69, 9.17) is 0 Å². The van der Waals surface area contributed by atoms with Gasteiger partial charge in [-0.3, -0.25) is 9.59 Å². The van der Waals surface area contributed by atoms with Crippen LogP contribution in [0.2, 0.25) is 0 Å². The third kappa shape index (κ3) is 3.91. The normalized spacial score (nSPS) is 13.8. The molecule has 2 N–H and O–H groups in total. The van der Waals surface area contributed by atoms with Crippen molar-refractivity contribution in [3.63, 3.8) is 0 Å². The largest absolute Gasteiger partial charge is 0.361 e. The molecule has 0 aliphatic carbocycles. The van der Waals surface area contributed by atoms with Crippen LogP contribution in [0.15, 0.2) is 54.4 Å². The minimum Gasteiger partial charge on any atom is -0.361 e. The SMILES string of the molecule is C=CCNC(=O)C(=O)NC[C@H](c1cccs1)N1CCc2ccccc21. The number of nitrogens with one attached hydrogen (secondary N) is 2. The van der Waals surface area contributed by atoms with Crippen molar-refractivity contribution in [1.29, 1.82) is 0 Å². The van der Waals surface area contributed by atoms with E-state index in [0.29, 0.717) is 6.54 Å². The second-order valence-electron chi connectivity index (χ2n) is 5.81. The van der Waals surface area contributed by atoms with Crippen molar-refractivity contribution in [2.75, 3.05) is 24.5 Å². The lowest BCUT2D eigenvalue weighted by atomic mass is 10.1.